The summed E-state index contributed by atoms with van der Waals surface area (Å²) < 4.78 is 0. The van der Waals surface area contributed by atoms with Gasteiger partial charge >= 0.3 is 0 Å². The van der Waals surface area contributed by atoms with E-state index in [0.717, 1.165) is 58.5 Å². The Morgan fingerprint density at radius 1 is 1.25 bits per heavy atom. The lowest BCUT2D eigenvalue weighted by Gasteiger charge is -2.29. The van der Waals surface area contributed by atoms with E-state index in [1.807, 2.05) is 0 Å². The molecule has 1 atom stereocenters. The number of nitrogens with one attached hydrogen (secondary N) is 1. The first-order valence-electron chi connectivity index (χ1n) is 8.19. The van der Waals surface area contributed by atoms with Gasteiger partial charge in [0.25, 0.3) is 0 Å². The van der Waals surface area contributed by atoms with E-state index >= 15 is 0 Å². The van der Waals surface area contributed by atoms with E-state index in [4.69, 9.17) is 0 Å². The van der Waals surface area contributed by atoms with Crippen molar-refractivity contribution in [3.8, 4) is 6.07 Å². The number of nitrogens with zero attached hydrogens (tertiary/aromatic N) is 3. The normalized spacial score (nSPS) is 24.9. The van der Waals surface area contributed by atoms with Gasteiger partial charge in [-0.05, 0) is 52.7 Å². The van der Waals surface area contributed by atoms with Gasteiger partial charge in [0.05, 0.1) is 6.07 Å². The number of hydrogen-bond acceptors (Lipinski definition) is 4. The van der Waals surface area contributed by atoms with Gasteiger partial charge < -0.3 is 9.80 Å². The van der Waals surface area contributed by atoms with Gasteiger partial charge in [0.15, 0.2) is 0 Å². The van der Waals surface area contributed by atoms with Crippen molar-refractivity contribution in [2.45, 2.75) is 58.5 Å². The van der Waals surface area contributed by atoms with E-state index in [1.54, 1.807) is 0 Å². The van der Waals surface area contributed by atoms with E-state index in [1.165, 1.54) is 0 Å². The molecule has 1 fully saturated rings. The molecule has 1 N–H and O–H groups in total. The average molecular weight is 280 g/mol. The summed E-state index contributed by atoms with van der Waals surface area (Å²) in [6, 6.07) is 3.15. The first-order chi connectivity index (χ1) is 9.56. The first-order valence-corrected chi connectivity index (χ1v) is 8.19. The van der Waals surface area contributed by atoms with Gasteiger partial charge in [-0.15, -0.1) is 0 Å². The first kappa shape index (κ1) is 17.4. The van der Waals surface area contributed by atoms with Gasteiger partial charge in [0.2, 0.25) is 0 Å². The number of hydrogen-bond donors (Lipinski definition) is 1. The Morgan fingerprint density at radius 3 is 2.50 bits per heavy atom. The molecular weight excluding hydrogens is 248 g/mol. The quantitative estimate of drug-likeness (QED) is 0.775. The summed E-state index contributed by atoms with van der Waals surface area (Å²) in [7, 11) is 0. The third kappa shape index (κ3) is 5.05. The highest BCUT2D eigenvalue weighted by atomic mass is 15.2. The minimum atomic E-state index is -0.309. The molecule has 1 unspecified atom stereocenters. The van der Waals surface area contributed by atoms with Crippen molar-refractivity contribution in [3.63, 3.8) is 0 Å². The fourth-order valence-electron chi connectivity index (χ4n) is 2.99. The van der Waals surface area contributed by atoms with Crippen molar-refractivity contribution >= 4 is 0 Å². The summed E-state index contributed by atoms with van der Waals surface area (Å²) in [5, 5.41) is 13.2. The molecule has 0 amide bonds. The van der Waals surface area contributed by atoms with Crippen LogP contribution in [0.1, 0.15) is 47.0 Å². The van der Waals surface area contributed by atoms with Crippen LogP contribution in [0.4, 0.5) is 0 Å². The molecule has 0 aromatic carbocycles. The summed E-state index contributed by atoms with van der Waals surface area (Å²) in [5.41, 5.74) is -0.309. The smallest absolute Gasteiger partial charge is 0.108 e. The molecule has 116 valence electrons. The van der Waals surface area contributed by atoms with Crippen molar-refractivity contribution in [2.24, 2.45) is 0 Å². The lowest BCUT2D eigenvalue weighted by molar-refractivity contribution is 0.223. The summed E-state index contributed by atoms with van der Waals surface area (Å²) in [4.78, 5) is 4.89. The predicted octanol–water partition coefficient (Wildman–Crippen LogP) is 2.07. The second-order valence-electron chi connectivity index (χ2n) is 6.13. The van der Waals surface area contributed by atoms with Crippen LogP contribution < -0.4 is 5.32 Å². The molecule has 0 aromatic rings. The van der Waals surface area contributed by atoms with E-state index in [2.05, 4.69) is 48.9 Å². The molecular formula is C16H32N4. The Bertz CT molecular complexity index is 306. The van der Waals surface area contributed by atoms with Crippen LogP contribution in [0.15, 0.2) is 0 Å². The highest BCUT2D eigenvalue weighted by Crippen LogP contribution is 2.22. The van der Waals surface area contributed by atoms with E-state index in [9.17, 15) is 5.26 Å². The fourth-order valence-corrected chi connectivity index (χ4v) is 2.99. The maximum Gasteiger partial charge on any atom is 0.108 e. The molecule has 1 aliphatic heterocycles. The molecule has 20 heavy (non-hydrogen) atoms. The van der Waals surface area contributed by atoms with E-state index < -0.39 is 0 Å². The zero-order valence-corrected chi connectivity index (χ0v) is 13.8. The maximum atomic E-state index is 9.63. The van der Waals surface area contributed by atoms with Crippen molar-refractivity contribution in [3.05, 3.63) is 0 Å². The molecule has 0 aliphatic carbocycles. The molecule has 1 aliphatic rings. The Hall–Kier alpha value is -0.630. The second-order valence-corrected chi connectivity index (χ2v) is 6.13. The van der Waals surface area contributed by atoms with Crippen LogP contribution in [0.3, 0.4) is 0 Å². The van der Waals surface area contributed by atoms with Crippen LogP contribution in [0.2, 0.25) is 0 Å². The maximum absolute atomic E-state index is 9.63. The number of nitriles is 1. The molecule has 1 heterocycles. The van der Waals surface area contributed by atoms with Gasteiger partial charge in [-0.3, -0.25) is 5.32 Å². The van der Waals surface area contributed by atoms with Crippen LogP contribution in [-0.4, -0.2) is 60.6 Å². The Balaban J connectivity index is 2.49. The molecule has 4 nitrogen and oxygen atoms in total. The summed E-state index contributed by atoms with van der Waals surface area (Å²) in [6.45, 7) is 15.1. The molecule has 0 radical (unpaired) electrons. The topological polar surface area (TPSA) is 42.3 Å². The van der Waals surface area contributed by atoms with Crippen LogP contribution in [0, 0.1) is 11.3 Å². The van der Waals surface area contributed by atoms with Crippen molar-refractivity contribution < 1.29 is 0 Å². The minimum Gasteiger partial charge on any atom is -0.303 e. The van der Waals surface area contributed by atoms with Crippen LogP contribution >= 0.6 is 0 Å². The van der Waals surface area contributed by atoms with Crippen molar-refractivity contribution in [2.75, 3.05) is 39.3 Å². The van der Waals surface area contributed by atoms with Crippen LogP contribution in [-0.2, 0) is 0 Å². The Morgan fingerprint density at radius 2 is 1.95 bits per heavy atom. The molecule has 0 saturated carbocycles. The third-order valence-corrected chi connectivity index (χ3v) is 4.60. The van der Waals surface area contributed by atoms with Gasteiger partial charge in [-0.1, -0.05) is 13.8 Å². The van der Waals surface area contributed by atoms with E-state index in [-0.39, 0.29) is 5.54 Å². The van der Waals surface area contributed by atoms with Gasteiger partial charge in [0.1, 0.15) is 5.54 Å². The number of likely N-dealkylation sites (N-methyl/N-ethyl adjacent to an activating group) is 1. The Kier molecular flexibility index (Phi) is 7.50. The standard InChI is InChI=1S/C16H32N4/c1-5-19(6-2)13-10-18-16(14-17)8-7-11-20(12-9-16)15(3)4/h15,18H,5-13H2,1-4H3. The highest BCUT2D eigenvalue weighted by molar-refractivity contribution is 5.08. The molecule has 0 spiro atoms. The zero-order valence-electron chi connectivity index (χ0n) is 13.8. The van der Waals surface area contributed by atoms with Gasteiger partial charge in [-0.2, -0.15) is 5.26 Å². The largest absolute Gasteiger partial charge is 0.303 e. The Labute approximate surface area is 125 Å². The SMILES string of the molecule is CCN(CC)CCNC1(C#N)CCCN(C(C)C)CC1. The van der Waals surface area contributed by atoms with Gasteiger partial charge in [0, 0.05) is 25.7 Å². The molecule has 0 bridgehead atoms. The predicted molar refractivity (Wildman–Crippen MR) is 84.7 cm³/mol. The molecule has 4 heteroatoms. The van der Waals surface area contributed by atoms with Crippen molar-refractivity contribution in [1.82, 2.24) is 15.1 Å². The zero-order chi connectivity index (χ0) is 15.0. The number of likely N-dealkylation sites (tertiary alicyclic amines) is 1. The fraction of sp³-hybridized carbons (Fsp3) is 0.938. The monoisotopic (exact) mass is 280 g/mol. The average Bonchev–Trinajstić information content (AvgIpc) is 2.67. The highest BCUT2D eigenvalue weighted by Gasteiger charge is 2.32. The molecule has 1 rings (SSSR count). The van der Waals surface area contributed by atoms with E-state index in [0.29, 0.717) is 6.04 Å². The number of rotatable bonds is 7. The summed E-state index contributed by atoms with van der Waals surface area (Å²) in [6.07, 6.45) is 3.04. The molecule has 0 aromatic heterocycles. The summed E-state index contributed by atoms with van der Waals surface area (Å²) >= 11 is 0. The minimum absolute atomic E-state index is 0.309. The lowest BCUT2D eigenvalue weighted by Crippen LogP contribution is -2.47. The van der Waals surface area contributed by atoms with Crippen LogP contribution in [0.25, 0.3) is 0 Å². The van der Waals surface area contributed by atoms with Crippen LogP contribution in [0.5, 0.6) is 0 Å². The summed E-state index contributed by atoms with van der Waals surface area (Å²) in [5.74, 6) is 0. The lowest BCUT2D eigenvalue weighted by atomic mass is 9.92. The second kappa shape index (κ2) is 8.61. The molecule has 1 saturated heterocycles. The van der Waals surface area contributed by atoms with Gasteiger partial charge in [-0.25, -0.2) is 0 Å². The third-order valence-electron chi connectivity index (χ3n) is 4.60. The van der Waals surface area contributed by atoms with Crippen molar-refractivity contribution in [1.29, 1.82) is 5.26 Å².